The van der Waals surface area contributed by atoms with Crippen LogP contribution in [0.15, 0.2) is 23.6 Å². The lowest BCUT2D eigenvalue weighted by atomic mass is 10.2. The molecule has 0 bridgehead atoms. The number of thioether (sulfide) groups is 1. The quantitative estimate of drug-likeness (QED) is 0.422. The monoisotopic (exact) mass is 304 g/mol. The Morgan fingerprint density at radius 3 is 2.90 bits per heavy atom. The van der Waals surface area contributed by atoms with Crippen LogP contribution in [0.25, 0.3) is 17.2 Å². The Kier molecular flexibility index (Phi) is 3.10. The summed E-state index contributed by atoms with van der Waals surface area (Å²) in [5.74, 6) is 0.483. The number of nitrogens with two attached hydrogens (primary N) is 1. The minimum atomic E-state index is -0.545. The molecule has 0 atom stereocenters. The number of hydrogen-bond acceptors (Lipinski definition) is 9. The molecular weight excluding hydrogens is 296 g/mol. The van der Waals surface area contributed by atoms with E-state index in [1.807, 2.05) is 0 Å². The van der Waals surface area contributed by atoms with Crippen LogP contribution in [-0.4, -0.2) is 40.7 Å². The van der Waals surface area contributed by atoms with Gasteiger partial charge in [-0.25, -0.2) is 0 Å². The smallest absolute Gasteiger partial charge is 0.298 e. The summed E-state index contributed by atoms with van der Waals surface area (Å²) in [5.41, 5.74) is 5.82. The molecule has 0 aromatic carbocycles. The second-order valence-electron chi connectivity index (χ2n) is 3.87. The summed E-state index contributed by atoms with van der Waals surface area (Å²) in [4.78, 5) is 26.6. The van der Waals surface area contributed by atoms with Gasteiger partial charge in [-0.15, -0.1) is 5.10 Å². The zero-order chi connectivity index (χ0) is 15.0. The third-order valence-corrected chi connectivity index (χ3v) is 3.18. The summed E-state index contributed by atoms with van der Waals surface area (Å²) in [6.45, 7) is 0. The normalized spacial score (nSPS) is 10.9. The fraction of sp³-hybridized carbons (Fsp3) is 0.100. The van der Waals surface area contributed by atoms with Gasteiger partial charge in [0, 0.05) is 6.20 Å². The van der Waals surface area contributed by atoms with Crippen LogP contribution in [-0.2, 0) is 0 Å². The van der Waals surface area contributed by atoms with Crippen molar-refractivity contribution in [3.63, 3.8) is 0 Å². The zero-order valence-electron chi connectivity index (χ0n) is 10.7. The van der Waals surface area contributed by atoms with Crippen molar-refractivity contribution in [1.82, 2.24) is 29.5 Å². The minimum absolute atomic E-state index is 0.111. The molecule has 0 radical (unpaired) electrons. The van der Waals surface area contributed by atoms with Gasteiger partial charge in [0.1, 0.15) is 11.8 Å². The van der Waals surface area contributed by atoms with Gasteiger partial charge in [-0.2, -0.15) is 19.5 Å². The van der Waals surface area contributed by atoms with Gasteiger partial charge < -0.3 is 5.73 Å². The van der Waals surface area contributed by atoms with Crippen LogP contribution < -0.4 is 5.73 Å². The summed E-state index contributed by atoms with van der Waals surface area (Å²) in [6, 6.07) is 1.46. The van der Waals surface area contributed by atoms with Gasteiger partial charge in [0.05, 0.1) is 4.92 Å². The summed E-state index contributed by atoms with van der Waals surface area (Å²) >= 11 is 1.31. The number of nitrogens with zero attached hydrogens (tertiary/aromatic N) is 7. The van der Waals surface area contributed by atoms with E-state index >= 15 is 0 Å². The number of hydrogen-bond donors (Lipinski definition) is 1. The first kappa shape index (κ1) is 13.2. The second kappa shape index (κ2) is 4.94. The van der Waals surface area contributed by atoms with E-state index in [1.54, 1.807) is 6.26 Å². The first-order chi connectivity index (χ1) is 10.1. The van der Waals surface area contributed by atoms with Crippen molar-refractivity contribution in [2.24, 2.45) is 0 Å². The molecule has 0 saturated heterocycles. The highest BCUT2D eigenvalue weighted by Crippen LogP contribution is 2.26. The lowest BCUT2D eigenvalue weighted by Crippen LogP contribution is -2.04. The maximum absolute atomic E-state index is 11.0. The van der Waals surface area contributed by atoms with Crippen molar-refractivity contribution < 1.29 is 4.92 Å². The molecule has 10 nitrogen and oxygen atoms in total. The SMILES string of the molecule is CSc1nc(N)n2nc(-c3ccncc3[N+](=O)[O-])nc2n1. The van der Waals surface area contributed by atoms with Crippen LogP contribution >= 0.6 is 11.8 Å². The number of anilines is 1. The third kappa shape index (κ3) is 2.23. The molecule has 0 aliphatic heterocycles. The molecule has 11 heteroatoms. The maximum Gasteiger partial charge on any atom is 0.298 e. The largest absolute Gasteiger partial charge is 0.368 e. The van der Waals surface area contributed by atoms with Crippen LogP contribution in [0.5, 0.6) is 0 Å². The average molecular weight is 304 g/mol. The van der Waals surface area contributed by atoms with E-state index in [2.05, 4.69) is 25.0 Å². The number of aromatic nitrogens is 6. The number of fused-ring (bicyclic) bond motifs is 1. The Morgan fingerprint density at radius 1 is 1.38 bits per heavy atom. The Balaban J connectivity index is 2.23. The Morgan fingerprint density at radius 2 is 2.19 bits per heavy atom. The molecule has 0 fully saturated rings. The Bertz CT molecular complexity index is 848. The summed E-state index contributed by atoms with van der Waals surface area (Å²) in [6.07, 6.45) is 4.37. The Labute approximate surface area is 121 Å². The molecular formula is C10H8N8O2S. The number of rotatable bonds is 3. The van der Waals surface area contributed by atoms with Crippen molar-refractivity contribution in [3.05, 3.63) is 28.6 Å². The van der Waals surface area contributed by atoms with E-state index in [4.69, 9.17) is 5.73 Å². The number of pyridine rings is 1. The van der Waals surface area contributed by atoms with Crippen LogP contribution in [0.4, 0.5) is 11.6 Å². The second-order valence-corrected chi connectivity index (χ2v) is 4.64. The zero-order valence-corrected chi connectivity index (χ0v) is 11.5. The van der Waals surface area contributed by atoms with Crippen molar-refractivity contribution >= 4 is 29.2 Å². The highest BCUT2D eigenvalue weighted by atomic mass is 32.2. The molecule has 3 aromatic rings. The first-order valence-electron chi connectivity index (χ1n) is 5.63. The molecule has 0 saturated carbocycles. The molecule has 3 rings (SSSR count). The topological polar surface area (TPSA) is 138 Å². The fourth-order valence-electron chi connectivity index (χ4n) is 1.71. The van der Waals surface area contributed by atoms with E-state index in [0.717, 1.165) is 6.20 Å². The van der Waals surface area contributed by atoms with Gasteiger partial charge in [-0.05, 0) is 12.3 Å². The van der Waals surface area contributed by atoms with E-state index in [9.17, 15) is 10.1 Å². The van der Waals surface area contributed by atoms with Crippen LogP contribution in [0, 0.1) is 10.1 Å². The molecule has 0 aliphatic rings. The van der Waals surface area contributed by atoms with Crippen molar-refractivity contribution in [3.8, 4) is 11.4 Å². The lowest BCUT2D eigenvalue weighted by Gasteiger charge is -1.97. The van der Waals surface area contributed by atoms with E-state index < -0.39 is 4.92 Å². The molecule has 0 unspecified atom stereocenters. The van der Waals surface area contributed by atoms with Crippen LogP contribution in [0.2, 0.25) is 0 Å². The van der Waals surface area contributed by atoms with E-state index in [0.29, 0.717) is 5.16 Å². The molecule has 0 amide bonds. The van der Waals surface area contributed by atoms with Crippen LogP contribution in [0.1, 0.15) is 0 Å². The predicted octanol–water partition coefficient (Wildman–Crippen LogP) is 0.794. The van der Waals surface area contributed by atoms with Gasteiger partial charge in [-0.1, -0.05) is 11.8 Å². The van der Waals surface area contributed by atoms with Gasteiger partial charge in [-0.3, -0.25) is 15.1 Å². The summed E-state index contributed by atoms with van der Waals surface area (Å²) in [5, 5.41) is 15.6. The maximum atomic E-state index is 11.0. The average Bonchev–Trinajstić information content (AvgIpc) is 2.91. The van der Waals surface area contributed by atoms with Gasteiger partial charge in [0.25, 0.3) is 11.5 Å². The molecule has 3 heterocycles. The predicted molar refractivity (Wildman–Crippen MR) is 74.7 cm³/mol. The first-order valence-corrected chi connectivity index (χ1v) is 6.85. The van der Waals surface area contributed by atoms with Crippen LogP contribution in [0.3, 0.4) is 0 Å². The van der Waals surface area contributed by atoms with Gasteiger partial charge in [0.2, 0.25) is 5.95 Å². The molecule has 3 aromatic heterocycles. The molecule has 106 valence electrons. The standard InChI is InChI=1S/C10H8N8O2S/c1-21-10-14-8(11)17-9(15-10)13-7(16-17)5-2-3-12-4-6(5)18(19)20/h2-4H,1H3,(H2,11,13,14,15,16). The van der Waals surface area contributed by atoms with E-state index in [-0.39, 0.29) is 28.8 Å². The number of nitrogen functional groups attached to an aromatic ring is 1. The van der Waals surface area contributed by atoms with Crippen molar-refractivity contribution in [2.75, 3.05) is 12.0 Å². The Hall–Kier alpha value is -2.82. The van der Waals surface area contributed by atoms with Gasteiger partial charge in [0.15, 0.2) is 11.0 Å². The fourth-order valence-corrected chi connectivity index (χ4v) is 2.07. The van der Waals surface area contributed by atoms with Gasteiger partial charge >= 0.3 is 0 Å². The van der Waals surface area contributed by atoms with Crippen molar-refractivity contribution in [1.29, 1.82) is 0 Å². The third-order valence-electron chi connectivity index (χ3n) is 2.63. The highest BCUT2D eigenvalue weighted by molar-refractivity contribution is 7.98. The summed E-state index contributed by atoms with van der Waals surface area (Å²) < 4.78 is 1.24. The lowest BCUT2D eigenvalue weighted by molar-refractivity contribution is -0.384. The molecule has 2 N–H and O–H groups in total. The van der Waals surface area contributed by atoms with Crippen molar-refractivity contribution in [2.45, 2.75) is 5.16 Å². The highest BCUT2D eigenvalue weighted by Gasteiger charge is 2.20. The molecule has 0 aliphatic carbocycles. The molecule has 0 spiro atoms. The summed E-state index contributed by atoms with van der Waals surface area (Å²) in [7, 11) is 0. The number of nitro groups is 1. The molecule has 21 heavy (non-hydrogen) atoms. The minimum Gasteiger partial charge on any atom is -0.368 e. The van der Waals surface area contributed by atoms with E-state index in [1.165, 1.54) is 28.5 Å².